The van der Waals surface area contributed by atoms with E-state index in [1.807, 2.05) is 12.1 Å². The normalized spacial score (nSPS) is 24.9. The number of hydrogen-bond donors (Lipinski definition) is 1. The molecular weight excluding hydrogens is 436 g/mol. The van der Waals surface area contributed by atoms with E-state index >= 15 is 0 Å². The zero-order valence-electron chi connectivity index (χ0n) is 17.9. The van der Waals surface area contributed by atoms with Gasteiger partial charge in [0, 0.05) is 31.7 Å². The van der Waals surface area contributed by atoms with Gasteiger partial charge in [0.15, 0.2) is 5.82 Å². The van der Waals surface area contributed by atoms with E-state index in [2.05, 4.69) is 38.1 Å². The summed E-state index contributed by atoms with van der Waals surface area (Å²) >= 11 is 12.7. The topological polar surface area (TPSA) is 44.3 Å². The first-order valence-electron chi connectivity index (χ1n) is 11.2. The van der Waals surface area contributed by atoms with Crippen LogP contribution in [0.25, 0.3) is 0 Å². The number of piperazine rings is 1. The number of hydrogen-bond acceptors (Lipinski definition) is 5. The first kappa shape index (κ1) is 22.6. The molecule has 0 amide bonds. The van der Waals surface area contributed by atoms with E-state index in [4.69, 9.17) is 23.2 Å². The summed E-state index contributed by atoms with van der Waals surface area (Å²) in [5.41, 5.74) is 1.04. The van der Waals surface area contributed by atoms with E-state index in [0.29, 0.717) is 28.1 Å². The molecule has 168 valence electrons. The summed E-state index contributed by atoms with van der Waals surface area (Å²) in [6.45, 7) is 6.46. The van der Waals surface area contributed by atoms with Crippen molar-refractivity contribution in [3.8, 4) is 0 Å². The van der Waals surface area contributed by atoms with Crippen LogP contribution >= 0.6 is 23.2 Å². The third kappa shape index (κ3) is 5.79. The van der Waals surface area contributed by atoms with Crippen LogP contribution in [-0.2, 0) is 0 Å². The molecule has 0 spiro atoms. The molecule has 2 aromatic rings. The zero-order chi connectivity index (χ0) is 21.8. The maximum Gasteiger partial charge on any atom is 0.222 e. The molecule has 0 bridgehead atoms. The van der Waals surface area contributed by atoms with Crippen molar-refractivity contribution in [3.63, 3.8) is 0 Å². The summed E-state index contributed by atoms with van der Waals surface area (Å²) in [5, 5.41) is 4.61. The van der Waals surface area contributed by atoms with Crippen molar-refractivity contribution < 1.29 is 4.39 Å². The average molecular weight is 466 g/mol. The monoisotopic (exact) mass is 465 g/mol. The fourth-order valence-electron chi connectivity index (χ4n) is 4.84. The van der Waals surface area contributed by atoms with Crippen LogP contribution < -0.4 is 10.2 Å². The minimum Gasteiger partial charge on any atom is -0.365 e. The first-order valence-corrected chi connectivity index (χ1v) is 11.9. The van der Waals surface area contributed by atoms with Crippen LogP contribution in [-0.4, -0.2) is 53.1 Å². The summed E-state index contributed by atoms with van der Waals surface area (Å²) in [5.74, 6) is 0.888. The largest absolute Gasteiger partial charge is 0.365 e. The molecule has 0 radical (unpaired) electrons. The Morgan fingerprint density at radius 3 is 2.55 bits per heavy atom. The van der Waals surface area contributed by atoms with E-state index < -0.39 is 5.82 Å². The Hall–Kier alpha value is -1.63. The van der Waals surface area contributed by atoms with Gasteiger partial charge < -0.3 is 10.2 Å². The van der Waals surface area contributed by atoms with Crippen LogP contribution in [0.2, 0.25) is 10.0 Å². The molecular formula is C23H30Cl2FN5. The molecule has 31 heavy (non-hydrogen) atoms. The van der Waals surface area contributed by atoms with Gasteiger partial charge in [0.2, 0.25) is 5.95 Å². The SMILES string of the molecule is C[C@@H]1CN(CCC2CCC(Nc3ncc(F)cn3)CC2)CCN1c1cccc(Cl)c1Cl. The molecule has 1 N–H and O–H groups in total. The fourth-order valence-corrected chi connectivity index (χ4v) is 5.24. The molecule has 0 unspecified atom stereocenters. The lowest BCUT2D eigenvalue weighted by Gasteiger charge is -2.42. The number of nitrogens with zero attached hydrogens (tertiary/aromatic N) is 4. The second-order valence-corrected chi connectivity index (χ2v) is 9.58. The second kappa shape index (κ2) is 10.3. The highest BCUT2D eigenvalue weighted by atomic mass is 35.5. The smallest absolute Gasteiger partial charge is 0.222 e. The molecule has 2 fully saturated rings. The molecule has 1 saturated carbocycles. The van der Waals surface area contributed by atoms with Crippen molar-refractivity contribution >= 4 is 34.8 Å². The summed E-state index contributed by atoms with van der Waals surface area (Å²) in [4.78, 5) is 13.0. The standard InChI is InChI=1S/C23H30Cl2FN5/c1-16-15-30(11-12-31(16)21-4-2-3-20(24)22(21)25)10-9-17-5-7-19(8-6-17)29-23-27-13-18(26)14-28-23/h2-4,13-14,16-17,19H,5-12,15H2,1H3,(H,27,28,29)/t16-,17?,19?/m1/s1. The van der Waals surface area contributed by atoms with Gasteiger partial charge in [-0.1, -0.05) is 29.3 Å². The van der Waals surface area contributed by atoms with E-state index in [9.17, 15) is 4.39 Å². The maximum absolute atomic E-state index is 12.9. The molecule has 1 saturated heterocycles. The number of halogens is 3. The second-order valence-electron chi connectivity index (χ2n) is 8.79. The third-order valence-electron chi connectivity index (χ3n) is 6.61. The van der Waals surface area contributed by atoms with E-state index in [0.717, 1.165) is 50.6 Å². The lowest BCUT2D eigenvalue weighted by atomic mass is 9.84. The summed E-state index contributed by atoms with van der Waals surface area (Å²) in [6, 6.07) is 6.65. The summed E-state index contributed by atoms with van der Waals surface area (Å²) in [7, 11) is 0. The Bertz CT molecular complexity index is 858. The van der Waals surface area contributed by atoms with E-state index in [-0.39, 0.29) is 0 Å². The van der Waals surface area contributed by atoms with Gasteiger partial charge in [0.1, 0.15) is 0 Å². The van der Waals surface area contributed by atoms with Crippen LogP contribution in [0.5, 0.6) is 0 Å². The predicted octanol–water partition coefficient (Wildman–Crippen LogP) is 5.49. The number of anilines is 2. The third-order valence-corrected chi connectivity index (χ3v) is 7.42. The molecule has 1 atom stereocenters. The fraction of sp³-hybridized carbons (Fsp3) is 0.565. The highest BCUT2D eigenvalue weighted by molar-refractivity contribution is 6.43. The van der Waals surface area contributed by atoms with Gasteiger partial charge in [0.05, 0.1) is 28.1 Å². The van der Waals surface area contributed by atoms with Crippen molar-refractivity contribution in [1.82, 2.24) is 14.9 Å². The number of rotatable bonds is 6. The summed E-state index contributed by atoms with van der Waals surface area (Å²) < 4.78 is 12.9. The van der Waals surface area contributed by atoms with Gasteiger partial charge in [0.25, 0.3) is 0 Å². The van der Waals surface area contributed by atoms with Crippen LogP contribution in [0, 0.1) is 11.7 Å². The minimum absolute atomic E-state index is 0.382. The zero-order valence-corrected chi connectivity index (χ0v) is 19.4. The Kier molecular flexibility index (Phi) is 7.51. The van der Waals surface area contributed by atoms with E-state index in [1.165, 1.54) is 31.7 Å². The van der Waals surface area contributed by atoms with Gasteiger partial charge in [-0.15, -0.1) is 0 Å². The maximum atomic E-state index is 12.9. The molecule has 1 aliphatic heterocycles. The van der Waals surface area contributed by atoms with Crippen LogP contribution in [0.1, 0.15) is 39.0 Å². The molecule has 2 aliphatic rings. The Balaban J connectivity index is 1.20. The van der Waals surface area contributed by atoms with Crippen molar-refractivity contribution in [2.45, 2.75) is 51.1 Å². The highest BCUT2D eigenvalue weighted by Crippen LogP contribution is 2.34. The molecule has 1 aromatic heterocycles. The lowest BCUT2D eigenvalue weighted by Crippen LogP contribution is -2.52. The van der Waals surface area contributed by atoms with Crippen LogP contribution in [0.15, 0.2) is 30.6 Å². The summed E-state index contributed by atoms with van der Waals surface area (Å²) in [6.07, 6.45) is 8.32. The van der Waals surface area contributed by atoms with Crippen molar-refractivity contribution in [1.29, 1.82) is 0 Å². The van der Waals surface area contributed by atoms with Crippen molar-refractivity contribution in [2.75, 3.05) is 36.4 Å². The molecule has 2 heterocycles. The van der Waals surface area contributed by atoms with E-state index in [1.54, 1.807) is 0 Å². The lowest BCUT2D eigenvalue weighted by molar-refractivity contribution is 0.199. The first-order chi connectivity index (χ1) is 15.0. The number of benzene rings is 1. The van der Waals surface area contributed by atoms with Crippen molar-refractivity contribution in [3.05, 3.63) is 46.5 Å². The molecule has 1 aromatic carbocycles. The number of nitrogens with one attached hydrogen (secondary N) is 1. The highest BCUT2D eigenvalue weighted by Gasteiger charge is 2.27. The van der Waals surface area contributed by atoms with Gasteiger partial charge in [-0.25, -0.2) is 14.4 Å². The molecule has 8 heteroatoms. The van der Waals surface area contributed by atoms with Crippen LogP contribution in [0.4, 0.5) is 16.0 Å². The van der Waals surface area contributed by atoms with Crippen molar-refractivity contribution in [2.24, 2.45) is 5.92 Å². The molecule has 1 aliphatic carbocycles. The van der Waals surface area contributed by atoms with Gasteiger partial charge in [-0.05, 0) is 63.6 Å². The Morgan fingerprint density at radius 2 is 1.84 bits per heavy atom. The van der Waals surface area contributed by atoms with Gasteiger partial charge in [-0.2, -0.15) is 0 Å². The van der Waals surface area contributed by atoms with Gasteiger partial charge >= 0.3 is 0 Å². The molecule has 4 rings (SSSR count). The predicted molar refractivity (Wildman–Crippen MR) is 126 cm³/mol. The number of aromatic nitrogens is 2. The van der Waals surface area contributed by atoms with Gasteiger partial charge in [-0.3, -0.25) is 4.90 Å². The molecule has 5 nitrogen and oxygen atoms in total. The quantitative estimate of drug-likeness (QED) is 0.610. The average Bonchev–Trinajstić information content (AvgIpc) is 2.77. The minimum atomic E-state index is -0.403. The van der Waals surface area contributed by atoms with Crippen LogP contribution in [0.3, 0.4) is 0 Å². The Labute approximate surface area is 194 Å². The Morgan fingerprint density at radius 1 is 1.10 bits per heavy atom.